The molecule has 1 aliphatic heterocycles. The number of hydrogen-bond donors (Lipinski definition) is 1. The molecule has 134 valence electrons. The summed E-state index contributed by atoms with van der Waals surface area (Å²) < 4.78 is 13.1. The van der Waals surface area contributed by atoms with E-state index >= 15 is 0 Å². The quantitative estimate of drug-likeness (QED) is 0.726. The molecule has 1 N–H and O–H groups in total. The number of carbonyl (C=O) groups excluding carboxylic acids is 1. The lowest BCUT2D eigenvalue weighted by Crippen LogP contribution is -2.24. The number of nitrogens with zero attached hydrogens (tertiary/aromatic N) is 3. The Morgan fingerprint density at radius 2 is 2.28 bits per heavy atom. The Labute approximate surface area is 150 Å². The van der Waals surface area contributed by atoms with Gasteiger partial charge in [-0.15, -0.1) is 10.2 Å². The number of amides is 1. The zero-order chi connectivity index (χ0) is 17.1. The first-order valence-electron chi connectivity index (χ1n) is 8.76. The first-order chi connectivity index (χ1) is 12.3. The molecule has 25 heavy (non-hydrogen) atoms. The fourth-order valence-electron chi connectivity index (χ4n) is 2.99. The Morgan fingerprint density at radius 1 is 1.36 bits per heavy atom. The lowest BCUT2D eigenvalue weighted by Gasteiger charge is -2.14. The molecular formula is C17H22N4O3S. The Balaban J connectivity index is 1.35. The molecule has 2 aromatic rings. The standard InChI is InChI=1S/C17H22N4O3S/c22-15(18-9-13-3-1-7-23-13)11-25-17-20-19-16(12-5-6-12)21(17)10-14-4-2-8-24-14/h1,3,7,12,14H,2,4-6,8-11H2,(H,18,22). The highest BCUT2D eigenvalue weighted by atomic mass is 32.2. The molecule has 1 aliphatic carbocycles. The van der Waals surface area contributed by atoms with E-state index < -0.39 is 0 Å². The molecule has 7 nitrogen and oxygen atoms in total. The van der Waals surface area contributed by atoms with Crippen molar-refractivity contribution in [2.45, 2.75) is 56.0 Å². The SMILES string of the molecule is O=C(CSc1nnc(C2CC2)n1CC1CCCO1)NCc1ccco1. The summed E-state index contributed by atoms with van der Waals surface area (Å²) in [5.41, 5.74) is 0. The Morgan fingerprint density at radius 3 is 3.00 bits per heavy atom. The summed E-state index contributed by atoms with van der Waals surface area (Å²) in [7, 11) is 0. The number of nitrogens with one attached hydrogen (secondary N) is 1. The maximum Gasteiger partial charge on any atom is 0.230 e. The van der Waals surface area contributed by atoms with Crippen LogP contribution in [0, 0.1) is 0 Å². The first-order valence-corrected chi connectivity index (χ1v) is 9.75. The molecular weight excluding hydrogens is 340 g/mol. The van der Waals surface area contributed by atoms with Crippen molar-refractivity contribution in [2.75, 3.05) is 12.4 Å². The zero-order valence-corrected chi connectivity index (χ0v) is 14.8. The van der Waals surface area contributed by atoms with Gasteiger partial charge in [-0.1, -0.05) is 11.8 Å². The van der Waals surface area contributed by atoms with Crippen LogP contribution in [0.5, 0.6) is 0 Å². The highest BCUT2D eigenvalue weighted by Crippen LogP contribution is 2.40. The van der Waals surface area contributed by atoms with Crippen molar-refractivity contribution in [3.63, 3.8) is 0 Å². The highest BCUT2D eigenvalue weighted by molar-refractivity contribution is 7.99. The fraction of sp³-hybridized carbons (Fsp3) is 0.588. The largest absolute Gasteiger partial charge is 0.467 e. The second-order valence-corrected chi connectivity index (χ2v) is 7.45. The Bertz CT molecular complexity index is 706. The van der Waals surface area contributed by atoms with Crippen molar-refractivity contribution in [1.29, 1.82) is 0 Å². The van der Waals surface area contributed by atoms with Gasteiger partial charge in [0.1, 0.15) is 11.6 Å². The van der Waals surface area contributed by atoms with Gasteiger partial charge >= 0.3 is 0 Å². The van der Waals surface area contributed by atoms with E-state index in [-0.39, 0.29) is 12.0 Å². The van der Waals surface area contributed by atoms with Crippen LogP contribution in [0.15, 0.2) is 28.0 Å². The van der Waals surface area contributed by atoms with Gasteiger partial charge in [-0.2, -0.15) is 0 Å². The maximum absolute atomic E-state index is 12.1. The van der Waals surface area contributed by atoms with Crippen molar-refractivity contribution in [1.82, 2.24) is 20.1 Å². The van der Waals surface area contributed by atoms with E-state index in [1.54, 1.807) is 6.26 Å². The normalized spacial score (nSPS) is 20.1. The van der Waals surface area contributed by atoms with Gasteiger partial charge < -0.3 is 19.0 Å². The number of thioether (sulfide) groups is 1. The molecule has 1 unspecified atom stereocenters. The van der Waals surface area contributed by atoms with E-state index in [0.717, 1.165) is 42.7 Å². The summed E-state index contributed by atoms with van der Waals surface area (Å²) >= 11 is 1.43. The van der Waals surface area contributed by atoms with Crippen molar-refractivity contribution in [3.8, 4) is 0 Å². The van der Waals surface area contributed by atoms with Crippen molar-refractivity contribution in [2.24, 2.45) is 0 Å². The minimum Gasteiger partial charge on any atom is -0.467 e. The van der Waals surface area contributed by atoms with Crippen molar-refractivity contribution >= 4 is 17.7 Å². The number of hydrogen-bond acceptors (Lipinski definition) is 6. The van der Waals surface area contributed by atoms with Gasteiger partial charge in [-0.3, -0.25) is 4.79 Å². The smallest absolute Gasteiger partial charge is 0.230 e. The van der Waals surface area contributed by atoms with E-state index in [0.29, 0.717) is 18.2 Å². The number of carbonyl (C=O) groups is 1. The summed E-state index contributed by atoms with van der Waals surface area (Å²) in [6, 6.07) is 3.65. The topological polar surface area (TPSA) is 82.2 Å². The molecule has 2 fully saturated rings. The molecule has 8 heteroatoms. The minimum absolute atomic E-state index is 0.0407. The van der Waals surface area contributed by atoms with Crippen LogP contribution in [0.4, 0.5) is 0 Å². The molecule has 0 bridgehead atoms. The Kier molecular flexibility index (Phi) is 5.07. The molecule has 1 amide bonds. The predicted molar refractivity (Wildman–Crippen MR) is 92.2 cm³/mol. The van der Waals surface area contributed by atoms with Crippen LogP contribution in [0.1, 0.15) is 43.2 Å². The number of furan rings is 1. The van der Waals surface area contributed by atoms with E-state index in [1.165, 1.54) is 24.6 Å². The molecule has 2 aliphatic rings. The summed E-state index contributed by atoms with van der Waals surface area (Å²) in [6.07, 6.45) is 6.39. The highest BCUT2D eigenvalue weighted by Gasteiger charge is 2.31. The van der Waals surface area contributed by atoms with Crippen LogP contribution in [0.25, 0.3) is 0 Å². The van der Waals surface area contributed by atoms with Crippen LogP contribution >= 0.6 is 11.8 Å². The van der Waals surface area contributed by atoms with Gasteiger partial charge in [0.2, 0.25) is 5.91 Å². The van der Waals surface area contributed by atoms with Crippen LogP contribution in [-0.4, -0.2) is 39.1 Å². The van der Waals surface area contributed by atoms with E-state index in [2.05, 4.69) is 20.1 Å². The van der Waals surface area contributed by atoms with Crippen LogP contribution in [-0.2, 0) is 22.6 Å². The minimum atomic E-state index is -0.0407. The average Bonchev–Trinajstić information content (AvgIpc) is 3.05. The van der Waals surface area contributed by atoms with E-state index in [4.69, 9.17) is 9.15 Å². The molecule has 2 aromatic heterocycles. The number of ether oxygens (including phenoxy) is 1. The molecule has 3 heterocycles. The van der Waals surface area contributed by atoms with Gasteiger partial charge in [0, 0.05) is 12.5 Å². The molecule has 0 aromatic carbocycles. The fourth-order valence-corrected chi connectivity index (χ4v) is 3.78. The molecule has 0 radical (unpaired) electrons. The number of aromatic nitrogens is 3. The monoisotopic (exact) mass is 362 g/mol. The van der Waals surface area contributed by atoms with Gasteiger partial charge in [0.15, 0.2) is 5.16 Å². The Hall–Kier alpha value is -1.80. The molecule has 4 rings (SSSR count). The molecule has 1 saturated heterocycles. The van der Waals surface area contributed by atoms with Crippen LogP contribution in [0.2, 0.25) is 0 Å². The summed E-state index contributed by atoms with van der Waals surface area (Å²) in [4.78, 5) is 12.1. The second-order valence-electron chi connectivity index (χ2n) is 6.51. The third-order valence-corrected chi connectivity index (χ3v) is 5.44. The average molecular weight is 362 g/mol. The predicted octanol–water partition coefficient (Wildman–Crippen LogP) is 2.34. The van der Waals surface area contributed by atoms with Gasteiger partial charge in [0.25, 0.3) is 0 Å². The summed E-state index contributed by atoms with van der Waals surface area (Å²) in [5, 5.41) is 12.4. The molecule has 1 atom stereocenters. The maximum atomic E-state index is 12.1. The van der Waals surface area contributed by atoms with Crippen LogP contribution in [0.3, 0.4) is 0 Å². The molecule has 0 spiro atoms. The number of rotatable bonds is 8. The summed E-state index contributed by atoms with van der Waals surface area (Å²) in [5.74, 6) is 2.59. The van der Waals surface area contributed by atoms with Gasteiger partial charge in [-0.05, 0) is 37.8 Å². The van der Waals surface area contributed by atoms with Gasteiger partial charge in [-0.25, -0.2) is 0 Å². The first kappa shape index (κ1) is 16.7. The lowest BCUT2D eigenvalue weighted by atomic mass is 10.2. The van der Waals surface area contributed by atoms with E-state index in [1.807, 2.05) is 12.1 Å². The third-order valence-electron chi connectivity index (χ3n) is 4.47. The molecule has 1 saturated carbocycles. The van der Waals surface area contributed by atoms with E-state index in [9.17, 15) is 4.79 Å². The zero-order valence-electron chi connectivity index (χ0n) is 14.0. The summed E-state index contributed by atoms with van der Waals surface area (Å²) in [6.45, 7) is 2.03. The third kappa shape index (κ3) is 4.24. The lowest BCUT2D eigenvalue weighted by molar-refractivity contribution is -0.118. The second kappa shape index (κ2) is 7.61. The van der Waals surface area contributed by atoms with Crippen molar-refractivity contribution < 1.29 is 13.9 Å². The van der Waals surface area contributed by atoms with Crippen molar-refractivity contribution in [3.05, 3.63) is 30.0 Å². The van der Waals surface area contributed by atoms with Crippen LogP contribution < -0.4 is 5.32 Å². The van der Waals surface area contributed by atoms with Gasteiger partial charge in [0.05, 0.1) is 31.2 Å².